The first-order valence-electron chi connectivity index (χ1n) is 8.41. The molecule has 1 aliphatic heterocycles. The second-order valence-corrected chi connectivity index (χ2v) is 7.80. The molecular formula is C19H28N2O3. The van der Waals surface area contributed by atoms with Gasteiger partial charge >= 0.3 is 5.97 Å². The highest BCUT2D eigenvalue weighted by Gasteiger charge is 2.51. The van der Waals surface area contributed by atoms with E-state index in [4.69, 9.17) is 4.74 Å². The summed E-state index contributed by atoms with van der Waals surface area (Å²) in [5, 5.41) is 1.55. The molecule has 0 radical (unpaired) electrons. The number of benzene rings is 1. The molecule has 1 aliphatic rings. The Kier molecular flexibility index (Phi) is 5.04. The molecule has 0 unspecified atom stereocenters. The smallest absolute Gasteiger partial charge is 0.328 e. The van der Waals surface area contributed by atoms with Gasteiger partial charge in [-0.3, -0.25) is 9.80 Å². The van der Waals surface area contributed by atoms with E-state index in [0.29, 0.717) is 6.54 Å². The van der Waals surface area contributed by atoms with E-state index >= 15 is 0 Å². The Bertz CT molecular complexity index is 609. The van der Waals surface area contributed by atoms with Crippen LogP contribution in [0.3, 0.4) is 0 Å². The topological polar surface area (TPSA) is 58.6 Å². The summed E-state index contributed by atoms with van der Waals surface area (Å²) in [5.41, 5.74) is 2.62. The molecule has 1 aromatic rings. The summed E-state index contributed by atoms with van der Waals surface area (Å²) in [5.74, 6) is -0.786. The number of hydrogen-bond donors (Lipinski definition) is 1. The number of rotatable bonds is 3. The van der Waals surface area contributed by atoms with Crippen LogP contribution in [0.4, 0.5) is 0 Å². The number of hydrazine groups is 1. The minimum atomic E-state index is -0.949. The van der Waals surface area contributed by atoms with Gasteiger partial charge in [-0.2, -0.15) is 0 Å². The molecule has 1 N–H and O–H groups in total. The monoisotopic (exact) mass is 332 g/mol. The van der Waals surface area contributed by atoms with Crippen molar-refractivity contribution in [2.45, 2.75) is 59.2 Å². The number of ether oxygens (including phenoxy) is 1. The Balaban J connectivity index is 2.25. The van der Waals surface area contributed by atoms with Crippen molar-refractivity contribution in [2.75, 3.05) is 0 Å². The molecule has 0 aromatic heterocycles. The SMILES string of the molecule is C[C@@H]1C(=O)N(Cc2ccccc2)N[C@](C)(C(=O)OC(C)(C)C)[C@@H]1C. The molecule has 1 heterocycles. The van der Waals surface area contributed by atoms with Crippen molar-refractivity contribution in [1.82, 2.24) is 10.4 Å². The van der Waals surface area contributed by atoms with Crippen LogP contribution in [0, 0.1) is 11.8 Å². The zero-order valence-electron chi connectivity index (χ0n) is 15.4. The molecule has 0 saturated carbocycles. The third-order valence-electron chi connectivity index (χ3n) is 4.69. The van der Waals surface area contributed by atoms with Crippen LogP contribution < -0.4 is 5.43 Å². The third-order valence-corrected chi connectivity index (χ3v) is 4.69. The van der Waals surface area contributed by atoms with E-state index in [-0.39, 0.29) is 23.7 Å². The van der Waals surface area contributed by atoms with Gasteiger partial charge in [-0.1, -0.05) is 44.2 Å². The highest BCUT2D eigenvalue weighted by atomic mass is 16.6. The first-order valence-corrected chi connectivity index (χ1v) is 8.41. The largest absolute Gasteiger partial charge is 0.459 e. The van der Waals surface area contributed by atoms with E-state index in [1.807, 2.05) is 71.9 Å². The molecule has 5 heteroatoms. The minimum absolute atomic E-state index is 0.00705. The van der Waals surface area contributed by atoms with Crippen molar-refractivity contribution < 1.29 is 14.3 Å². The Morgan fingerprint density at radius 1 is 1.25 bits per heavy atom. The normalized spacial score (nSPS) is 27.9. The molecule has 24 heavy (non-hydrogen) atoms. The molecule has 1 saturated heterocycles. The number of esters is 1. The van der Waals surface area contributed by atoms with Crippen molar-refractivity contribution in [1.29, 1.82) is 0 Å². The number of amides is 1. The molecule has 5 nitrogen and oxygen atoms in total. The molecule has 0 spiro atoms. The maximum atomic E-state index is 12.8. The number of nitrogens with one attached hydrogen (secondary N) is 1. The number of nitrogens with zero attached hydrogens (tertiary/aromatic N) is 1. The van der Waals surface area contributed by atoms with E-state index in [1.165, 1.54) is 0 Å². The van der Waals surface area contributed by atoms with Gasteiger partial charge in [-0.15, -0.1) is 0 Å². The van der Waals surface area contributed by atoms with Crippen molar-refractivity contribution in [3.05, 3.63) is 35.9 Å². The predicted octanol–water partition coefficient (Wildman–Crippen LogP) is 2.91. The standard InChI is InChI=1S/C19H28N2O3/c1-13-14(2)19(6,17(23)24-18(3,4)5)20-21(16(13)22)12-15-10-8-7-9-11-15/h7-11,13-14,20H,12H2,1-6H3/t13-,14+,19-/m0/s1. The van der Waals surface area contributed by atoms with Gasteiger partial charge in [0.2, 0.25) is 5.91 Å². The number of hydrogen-bond acceptors (Lipinski definition) is 4. The van der Waals surface area contributed by atoms with E-state index in [9.17, 15) is 9.59 Å². The summed E-state index contributed by atoms with van der Waals surface area (Å²) in [6.07, 6.45) is 0. The van der Waals surface area contributed by atoms with Crippen LogP contribution in [-0.2, 0) is 20.9 Å². The zero-order chi connectivity index (χ0) is 18.1. The summed E-state index contributed by atoms with van der Waals surface area (Å²) in [6.45, 7) is 11.5. The predicted molar refractivity (Wildman–Crippen MR) is 92.7 cm³/mol. The lowest BCUT2D eigenvalue weighted by Crippen LogP contribution is -2.69. The lowest BCUT2D eigenvalue weighted by molar-refractivity contribution is -0.178. The molecule has 0 aliphatic carbocycles. The highest BCUT2D eigenvalue weighted by molar-refractivity contribution is 5.87. The van der Waals surface area contributed by atoms with Crippen molar-refractivity contribution >= 4 is 11.9 Å². The van der Waals surface area contributed by atoms with E-state index in [1.54, 1.807) is 5.01 Å². The molecule has 1 fully saturated rings. The molecule has 1 aromatic carbocycles. The van der Waals surface area contributed by atoms with Gasteiger partial charge in [0.15, 0.2) is 0 Å². The van der Waals surface area contributed by atoms with Crippen LogP contribution in [0.2, 0.25) is 0 Å². The van der Waals surface area contributed by atoms with Crippen LogP contribution in [0.5, 0.6) is 0 Å². The Labute approximate surface area is 144 Å². The van der Waals surface area contributed by atoms with Gasteiger partial charge in [0, 0.05) is 5.92 Å². The first kappa shape index (κ1) is 18.5. The Hall–Kier alpha value is -1.88. The van der Waals surface area contributed by atoms with Crippen LogP contribution in [0.25, 0.3) is 0 Å². The fourth-order valence-corrected chi connectivity index (χ4v) is 2.90. The minimum Gasteiger partial charge on any atom is -0.459 e. The summed E-state index contributed by atoms with van der Waals surface area (Å²) in [7, 11) is 0. The molecule has 2 rings (SSSR count). The first-order chi connectivity index (χ1) is 11.0. The second-order valence-electron chi connectivity index (χ2n) is 7.80. The van der Waals surface area contributed by atoms with Crippen molar-refractivity contribution in [3.63, 3.8) is 0 Å². The van der Waals surface area contributed by atoms with E-state index in [0.717, 1.165) is 5.56 Å². The fourth-order valence-electron chi connectivity index (χ4n) is 2.90. The molecule has 132 valence electrons. The zero-order valence-corrected chi connectivity index (χ0v) is 15.4. The lowest BCUT2D eigenvalue weighted by atomic mass is 9.76. The highest BCUT2D eigenvalue weighted by Crippen LogP contribution is 2.33. The van der Waals surface area contributed by atoms with E-state index < -0.39 is 11.1 Å². The van der Waals surface area contributed by atoms with Crippen LogP contribution in [0.15, 0.2) is 30.3 Å². The van der Waals surface area contributed by atoms with Crippen LogP contribution in [-0.4, -0.2) is 28.0 Å². The maximum Gasteiger partial charge on any atom is 0.328 e. The van der Waals surface area contributed by atoms with Crippen LogP contribution in [0.1, 0.15) is 47.1 Å². The van der Waals surface area contributed by atoms with Gasteiger partial charge in [-0.25, -0.2) is 10.2 Å². The van der Waals surface area contributed by atoms with E-state index in [2.05, 4.69) is 5.43 Å². The molecular weight excluding hydrogens is 304 g/mol. The Morgan fingerprint density at radius 2 is 1.83 bits per heavy atom. The molecule has 1 amide bonds. The number of carbonyl (C=O) groups excluding carboxylic acids is 2. The van der Waals surface area contributed by atoms with Crippen molar-refractivity contribution in [2.24, 2.45) is 11.8 Å². The average molecular weight is 332 g/mol. The van der Waals surface area contributed by atoms with Gasteiger partial charge in [0.25, 0.3) is 0 Å². The fraction of sp³-hybridized carbons (Fsp3) is 0.579. The lowest BCUT2D eigenvalue weighted by Gasteiger charge is -2.47. The van der Waals surface area contributed by atoms with Gasteiger partial charge in [0.1, 0.15) is 11.1 Å². The quantitative estimate of drug-likeness (QED) is 0.865. The summed E-state index contributed by atoms with van der Waals surface area (Å²) in [4.78, 5) is 25.4. The van der Waals surface area contributed by atoms with Crippen LogP contribution >= 0.6 is 0 Å². The summed E-state index contributed by atoms with van der Waals surface area (Å²) >= 11 is 0. The second kappa shape index (κ2) is 6.55. The average Bonchev–Trinajstić information content (AvgIpc) is 2.50. The summed E-state index contributed by atoms with van der Waals surface area (Å²) in [6, 6.07) is 9.72. The Morgan fingerprint density at radius 3 is 2.38 bits per heavy atom. The summed E-state index contributed by atoms with van der Waals surface area (Å²) < 4.78 is 5.59. The third kappa shape index (κ3) is 3.78. The van der Waals surface area contributed by atoms with Gasteiger partial charge < -0.3 is 4.74 Å². The number of carbonyl (C=O) groups is 2. The van der Waals surface area contributed by atoms with Gasteiger partial charge in [-0.05, 0) is 39.2 Å². The molecule has 3 atom stereocenters. The van der Waals surface area contributed by atoms with Gasteiger partial charge in [0.05, 0.1) is 6.54 Å². The van der Waals surface area contributed by atoms with Crippen molar-refractivity contribution in [3.8, 4) is 0 Å². The molecule has 0 bridgehead atoms. The maximum absolute atomic E-state index is 12.8.